The summed E-state index contributed by atoms with van der Waals surface area (Å²) in [4.78, 5) is 13.9. The lowest BCUT2D eigenvalue weighted by molar-refractivity contribution is -0.134. The zero-order valence-electron chi connectivity index (χ0n) is 11.3. The molecule has 0 radical (unpaired) electrons. The van der Waals surface area contributed by atoms with Gasteiger partial charge in [0.15, 0.2) is 0 Å². The van der Waals surface area contributed by atoms with Gasteiger partial charge in [0.25, 0.3) is 0 Å². The Balaban J connectivity index is 2.10. The second kappa shape index (κ2) is 6.79. The van der Waals surface area contributed by atoms with Gasteiger partial charge in [-0.1, -0.05) is 6.07 Å². The van der Waals surface area contributed by atoms with E-state index in [4.69, 9.17) is 5.11 Å². The van der Waals surface area contributed by atoms with Gasteiger partial charge in [0, 0.05) is 24.8 Å². The number of likely N-dealkylation sites (tertiary alicyclic amines) is 1. The summed E-state index contributed by atoms with van der Waals surface area (Å²) in [6.07, 6.45) is 3.01. The summed E-state index contributed by atoms with van der Waals surface area (Å²) in [7, 11) is 0. The zero-order valence-corrected chi connectivity index (χ0v) is 11.3. The van der Waals surface area contributed by atoms with Gasteiger partial charge in [-0.15, -0.1) is 0 Å². The molecule has 1 saturated heterocycles. The first-order chi connectivity index (χ1) is 9.63. The molecule has 3 nitrogen and oxygen atoms in total. The average molecular weight is 283 g/mol. The molecule has 1 atom stereocenters. The van der Waals surface area contributed by atoms with Crippen LogP contribution in [0.4, 0.5) is 8.78 Å². The normalized spacial score (nSPS) is 19.1. The maximum atomic E-state index is 13.6. The van der Waals surface area contributed by atoms with Crippen molar-refractivity contribution < 1.29 is 18.7 Å². The summed E-state index contributed by atoms with van der Waals surface area (Å²) >= 11 is 0. The molecular formula is C15H19F2NO2. The molecule has 5 heteroatoms. The molecule has 1 amide bonds. The number of piperidine rings is 1. The van der Waals surface area contributed by atoms with Crippen molar-refractivity contribution in [3.8, 4) is 0 Å². The number of aliphatic hydroxyl groups is 1. The third-order valence-electron chi connectivity index (χ3n) is 3.80. The number of hydrogen-bond donors (Lipinski definition) is 1. The summed E-state index contributed by atoms with van der Waals surface area (Å²) in [6, 6.07) is 3.59. The molecule has 110 valence electrons. The Hall–Kier alpha value is -1.49. The van der Waals surface area contributed by atoms with Gasteiger partial charge in [-0.25, -0.2) is 8.78 Å². The monoisotopic (exact) mass is 283 g/mol. The van der Waals surface area contributed by atoms with E-state index in [0.717, 1.165) is 31.4 Å². The van der Waals surface area contributed by atoms with Gasteiger partial charge < -0.3 is 10.0 Å². The Kier molecular flexibility index (Phi) is 5.06. The number of carbonyl (C=O) groups is 1. The fourth-order valence-electron chi connectivity index (χ4n) is 2.73. The quantitative estimate of drug-likeness (QED) is 0.921. The molecule has 2 rings (SSSR count). The largest absolute Gasteiger partial charge is 0.396 e. The Morgan fingerprint density at radius 2 is 2.00 bits per heavy atom. The van der Waals surface area contributed by atoms with Crippen molar-refractivity contribution in [2.45, 2.75) is 38.1 Å². The van der Waals surface area contributed by atoms with Crippen molar-refractivity contribution in [2.75, 3.05) is 13.2 Å². The van der Waals surface area contributed by atoms with E-state index in [9.17, 15) is 13.6 Å². The second-order valence-corrected chi connectivity index (χ2v) is 5.13. The molecule has 0 bridgehead atoms. The summed E-state index contributed by atoms with van der Waals surface area (Å²) in [6.45, 7) is 0.613. The predicted molar refractivity (Wildman–Crippen MR) is 71.1 cm³/mol. The van der Waals surface area contributed by atoms with Gasteiger partial charge in [0.2, 0.25) is 5.91 Å². The van der Waals surface area contributed by atoms with E-state index in [1.807, 2.05) is 0 Å². The van der Waals surface area contributed by atoms with E-state index < -0.39 is 11.6 Å². The lowest BCUT2D eigenvalue weighted by Crippen LogP contribution is -2.45. The minimum Gasteiger partial charge on any atom is -0.396 e. The fraction of sp³-hybridized carbons (Fsp3) is 0.533. The summed E-state index contributed by atoms with van der Waals surface area (Å²) < 4.78 is 27.1. The zero-order chi connectivity index (χ0) is 14.5. The molecule has 0 saturated carbocycles. The van der Waals surface area contributed by atoms with E-state index in [-0.39, 0.29) is 30.5 Å². The smallest absolute Gasteiger partial charge is 0.227 e. The summed E-state index contributed by atoms with van der Waals surface area (Å²) in [5.74, 6) is -1.64. The van der Waals surface area contributed by atoms with E-state index in [0.29, 0.717) is 13.0 Å². The summed E-state index contributed by atoms with van der Waals surface area (Å²) in [5.41, 5.74) is -0.175. The third kappa shape index (κ3) is 3.33. The van der Waals surface area contributed by atoms with E-state index >= 15 is 0 Å². The van der Waals surface area contributed by atoms with Crippen LogP contribution in [0.1, 0.15) is 31.2 Å². The highest BCUT2D eigenvalue weighted by molar-refractivity contribution is 5.79. The van der Waals surface area contributed by atoms with Crippen molar-refractivity contribution in [3.05, 3.63) is 35.4 Å². The van der Waals surface area contributed by atoms with Gasteiger partial charge in [0.1, 0.15) is 11.6 Å². The van der Waals surface area contributed by atoms with E-state index in [2.05, 4.69) is 0 Å². The molecule has 1 aromatic rings. The first-order valence-electron chi connectivity index (χ1n) is 6.96. The van der Waals surface area contributed by atoms with Crippen molar-refractivity contribution in [3.63, 3.8) is 0 Å². The van der Waals surface area contributed by atoms with Gasteiger partial charge in [-0.3, -0.25) is 4.79 Å². The number of benzene rings is 1. The molecular weight excluding hydrogens is 264 g/mol. The van der Waals surface area contributed by atoms with Crippen LogP contribution in [-0.4, -0.2) is 35.1 Å². The SMILES string of the molecule is O=C(Cc1c(F)cccc1F)N1CCCCC1CCO. The van der Waals surface area contributed by atoms with E-state index in [1.54, 1.807) is 4.90 Å². The van der Waals surface area contributed by atoms with Gasteiger partial charge >= 0.3 is 0 Å². The second-order valence-electron chi connectivity index (χ2n) is 5.13. The Bertz CT molecular complexity index is 457. The van der Waals surface area contributed by atoms with Crippen LogP contribution in [0.25, 0.3) is 0 Å². The van der Waals surface area contributed by atoms with Crippen molar-refractivity contribution in [1.29, 1.82) is 0 Å². The van der Waals surface area contributed by atoms with Crippen LogP contribution < -0.4 is 0 Å². The highest BCUT2D eigenvalue weighted by atomic mass is 19.1. The number of amides is 1. The number of aliphatic hydroxyl groups excluding tert-OH is 1. The molecule has 1 unspecified atom stereocenters. The van der Waals surface area contributed by atoms with Gasteiger partial charge in [-0.05, 0) is 37.8 Å². The average Bonchev–Trinajstić information content (AvgIpc) is 2.44. The molecule has 1 fully saturated rings. The number of carbonyl (C=O) groups excluding carboxylic acids is 1. The predicted octanol–water partition coefficient (Wildman–Crippen LogP) is 2.27. The van der Waals surface area contributed by atoms with Crippen molar-refractivity contribution in [2.24, 2.45) is 0 Å². The van der Waals surface area contributed by atoms with Crippen LogP contribution >= 0.6 is 0 Å². The third-order valence-corrected chi connectivity index (χ3v) is 3.80. The number of rotatable bonds is 4. The lowest BCUT2D eigenvalue weighted by atomic mass is 9.98. The first-order valence-corrected chi connectivity index (χ1v) is 6.96. The minimum atomic E-state index is -0.686. The molecule has 1 aromatic carbocycles. The summed E-state index contributed by atoms with van der Waals surface area (Å²) in [5, 5.41) is 9.04. The highest BCUT2D eigenvalue weighted by Crippen LogP contribution is 2.22. The van der Waals surface area contributed by atoms with Crippen LogP contribution in [0.2, 0.25) is 0 Å². The Labute approximate surface area is 117 Å². The van der Waals surface area contributed by atoms with Crippen LogP contribution in [0.3, 0.4) is 0 Å². The van der Waals surface area contributed by atoms with Crippen LogP contribution in [0, 0.1) is 11.6 Å². The molecule has 0 aliphatic carbocycles. The Morgan fingerprint density at radius 1 is 1.30 bits per heavy atom. The number of hydrogen-bond acceptors (Lipinski definition) is 2. The number of halogens is 2. The lowest BCUT2D eigenvalue weighted by Gasteiger charge is -2.35. The fourth-order valence-corrected chi connectivity index (χ4v) is 2.73. The van der Waals surface area contributed by atoms with E-state index in [1.165, 1.54) is 6.07 Å². The number of nitrogens with zero attached hydrogens (tertiary/aromatic N) is 1. The standard InChI is InChI=1S/C15H19F2NO2/c16-13-5-3-6-14(17)12(13)10-15(20)18-8-2-1-4-11(18)7-9-19/h3,5-6,11,19H,1-2,4,7-10H2. The minimum absolute atomic E-state index is 0.0164. The first kappa shape index (κ1) is 14.9. The highest BCUT2D eigenvalue weighted by Gasteiger charge is 2.27. The molecule has 0 spiro atoms. The Morgan fingerprint density at radius 3 is 2.65 bits per heavy atom. The van der Waals surface area contributed by atoms with Gasteiger partial charge in [0.05, 0.1) is 6.42 Å². The maximum absolute atomic E-state index is 13.6. The molecule has 1 N–H and O–H groups in total. The van der Waals surface area contributed by atoms with Crippen LogP contribution in [0.5, 0.6) is 0 Å². The molecule has 1 aliphatic heterocycles. The van der Waals surface area contributed by atoms with Crippen molar-refractivity contribution in [1.82, 2.24) is 4.90 Å². The molecule has 1 heterocycles. The maximum Gasteiger partial charge on any atom is 0.227 e. The van der Waals surface area contributed by atoms with Crippen LogP contribution in [-0.2, 0) is 11.2 Å². The molecule has 0 aromatic heterocycles. The van der Waals surface area contributed by atoms with Crippen molar-refractivity contribution >= 4 is 5.91 Å². The van der Waals surface area contributed by atoms with Crippen LogP contribution in [0.15, 0.2) is 18.2 Å². The topological polar surface area (TPSA) is 40.5 Å². The van der Waals surface area contributed by atoms with Gasteiger partial charge in [-0.2, -0.15) is 0 Å². The molecule has 20 heavy (non-hydrogen) atoms. The molecule has 1 aliphatic rings.